The highest BCUT2D eigenvalue weighted by Crippen LogP contribution is 2.20. The lowest BCUT2D eigenvalue weighted by Gasteiger charge is -2.26. The fourth-order valence-corrected chi connectivity index (χ4v) is 3.07. The van der Waals surface area contributed by atoms with Gasteiger partial charge < -0.3 is 10.6 Å². The summed E-state index contributed by atoms with van der Waals surface area (Å²) < 4.78 is 0. The van der Waals surface area contributed by atoms with Crippen molar-refractivity contribution < 1.29 is 4.79 Å². The summed E-state index contributed by atoms with van der Waals surface area (Å²) >= 11 is 1.57. The number of carbonyl (C=O) groups excluding carboxylic acids is 1. The number of hydrogen-bond acceptors (Lipinski definition) is 4. The third-order valence-corrected chi connectivity index (χ3v) is 4.31. The van der Waals surface area contributed by atoms with Crippen LogP contribution in [0.1, 0.15) is 34.8 Å². The lowest BCUT2D eigenvalue weighted by molar-refractivity contribution is -0.131. The molecular formula is C12H19N3OS. The zero-order valence-electron chi connectivity index (χ0n) is 10.2. The van der Waals surface area contributed by atoms with Gasteiger partial charge in [-0.15, -0.1) is 11.3 Å². The molecule has 0 aliphatic carbocycles. The Morgan fingerprint density at radius 2 is 2.12 bits per heavy atom. The number of likely N-dealkylation sites (tertiary alicyclic amines) is 1. The summed E-state index contributed by atoms with van der Waals surface area (Å²) in [5, 5.41) is 0.920. The number of hydrogen-bond donors (Lipinski definition) is 1. The minimum Gasteiger partial charge on any atom is -0.342 e. The van der Waals surface area contributed by atoms with Gasteiger partial charge in [-0.1, -0.05) is 0 Å². The minimum absolute atomic E-state index is 0.236. The summed E-state index contributed by atoms with van der Waals surface area (Å²) in [6.45, 7) is 4.25. The SMILES string of the molecule is Cc1nc(CN)sc1CC(=O)N1CCCCC1. The highest BCUT2D eigenvalue weighted by molar-refractivity contribution is 7.11. The molecule has 1 aliphatic rings. The Labute approximate surface area is 106 Å². The number of amides is 1. The maximum atomic E-state index is 12.1. The van der Waals surface area contributed by atoms with Crippen LogP contribution in [-0.4, -0.2) is 28.9 Å². The third-order valence-electron chi connectivity index (χ3n) is 3.13. The fourth-order valence-electron chi connectivity index (χ4n) is 2.13. The van der Waals surface area contributed by atoms with E-state index < -0.39 is 0 Å². The van der Waals surface area contributed by atoms with Crippen molar-refractivity contribution in [1.82, 2.24) is 9.88 Å². The van der Waals surface area contributed by atoms with Crippen molar-refractivity contribution in [3.8, 4) is 0 Å². The number of nitrogens with two attached hydrogens (primary N) is 1. The summed E-state index contributed by atoms with van der Waals surface area (Å²) in [6.07, 6.45) is 4.02. The van der Waals surface area contributed by atoms with Gasteiger partial charge in [0.25, 0.3) is 0 Å². The smallest absolute Gasteiger partial charge is 0.227 e. The lowest BCUT2D eigenvalue weighted by atomic mass is 10.1. The monoisotopic (exact) mass is 253 g/mol. The van der Waals surface area contributed by atoms with Gasteiger partial charge in [-0.3, -0.25) is 4.79 Å². The van der Waals surface area contributed by atoms with Gasteiger partial charge in [0.2, 0.25) is 5.91 Å². The van der Waals surface area contributed by atoms with Crippen LogP contribution in [0.2, 0.25) is 0 Å². The van der Waals surface area contributed by atoms with Crippen LogP contribution in [-0.2, 0) is 17.8 Å². The van der Waals surface area contributed by atoms with Crippen LogP contribution in [0.3, 0.4) is 0 Å². The zero-order chi connectivity index (χ0) is 12.3. The van der Waals surface area contributed by atoms with Crippen LogP contribution >= 0.6 is 11.3 Å². The van der Waals surface area contributed by atoms with E-state index in [1.165, 1.54) is 6.42 Å². The Kier molecular flexibility index (Phi) is 4.12. The van der Waals surface area contributed by atoms with Gasteiger partial charge in [-0.2, -0.15) is 0 Å². The second kappa shape index (κ2) is 5.60. The molecule has 1 aromatic heterocycles. The quantitative estimate of drug-likeness (QED) is 0.887. The normalized spacial score (nSPS) is 16.2. The maximum absolute atomic E-state index is 12.1. The van der Waals surface area contributed by atoms with Gasteiger partial charge >= 0.3 is 0 Å². The van der Waals surface area contributed by atoms with E-state index in [1.54, 1.807) is 11.3 Å². The molecule has 0 saturated carbocycles. The van der Waals surface area contributed by atoms with E-state index in [-0.39, 0.29) is 5.91 Å². The number of aromatic nitrogens is 1. The lowest BCUT2D eigenvalue weighted by Crippen LogP contribution is -2.36. The molecule has 0 aromatic carbocycles. The molecule has 1 saturated heterocycles. The van der Waals surface area contributed by atoms with Crippen molar-refractivity contribution in [2.45, 2.75) is 39.2 Å². The van der Waals surface area contributed by atoms with E-state index in [4.69, 9.17) is 5.73 Å². The topological polar surface area (TPSA) is 59.2 Å². The predicted octanol–water partition coefficient (Wildman–Crippen LogP) is 1.47. The fraction of sp³-hybridized carbons (Fsp3) is 0.667. The standard InChI is InChI=1S/C12H19N3OS/c1-9-10(17-11(8-13)14-9)7-12(16)15-5-3-2-4-6-15/h2-8,13H2,1H3. The summed E-state index contributed by atoms with van der Waals surface area (Å²) in [6, 6.07) is 0. The average molecular weight is 253 g/mol. The Bertz CT molecular complexity index is 396. The average Bonchev–Trinajstić information content (AvgIpc) is 2.71. The molecule has 0 unspecified atom stereocenters. The summed E-state index contributed by atoms with van der Waals surface area (Å²) in [5.41, 5.74) is 6.52. The van der Waals surface area contributed by atoms with Crippen LogP contribution in [0.15, 0.2) is 0 Å². The van der Waals surface area contributed by atoms with Gasteiger partial charge in [-0.25, -0.2) is 4.98 Å². The van der Waals surface area contributed by atoms with Crippen LogP contribution in [0.25, 0.3) is 0 Å². The summed E-state index contributed by atoms with van der Waals surface area (Å²) in [5.74, 6) is 0.236. The summed E-state index contributed by atoms with van der Waals surface area (Å²) in [7, 11) is 0. The van der Waals surface area contributed by atoms with Gasteiger partial charge in [0.05, 0.1) is 12.1 Å². The van der Waals surface area contributed by atoms with Gasteiger partial charge in [-0.05, 0) is 26.2 Å². The van der Waals surface area contributed by atoms with Crippen LogP contribution in [0.5, 0.6) is 0 Å². The van der Waals surface area contributed by atoms with Gasteiger partial charge in [0.15, 0.2) is 0 Å². The number of carbonyl (C=O) groups is 1. The Morgan fingerprint density at radius 3 is 2.71 bits per heavy atom. The highest BCUT2D eigenvalue weighted by Gasteiger charge is 2.18. The number of thiazole rings is 1. The summed E-state index contributed by atoms with van der Waals surface area (Å²) in [4.78, 5) is 19.5. The number of rotatable bonds is 3. The molecule has 0 radical (unpaired) electrons. The largest absolute Gasteiger partial charge is 0.342 e. The Balaban J connectivity index is 1.99. The first-order valence-electron chi connectivity index (χ1n) is 6.13. The molecule has 0 spiro atoms. The van der Waals surface area contributed by atoms with Crippen molar-refractivity contribution in [2.24, 2.45) is 5.73 Å². The van der Waals surface area contributed by atoms with Crippen molar-refractivity contribution >= 4 is 17.2 Å². The molecule has 2 heterocycles. The molecule has 2 N–H and O–H groups in total. The number of nitrogens with zero attached hydrogens (tertiary/aromatic N) is 2. The molecule has 4 nitrogen and oxygen atoms in total. The van der Waals surface area contributed by atoms with Crippen molar-refractivity contribution in [1.29, 1.82) is 0 Å². The van der Waals surface area contributed by atoms with Crippen molar-refractivity contribution in [3.63, 3.8) is 0 Å². The molecule has 17 heavy (non-hydrogen) atoms. The molecule has 1 amide bonds. The molecule has 94 valence electrons. The second-order valence-electron chi connectivity index (χ2n) is 4.44. The molecule has 2 rings (SSSR count). The number of piperidine rings is 1. The first-order chi connectivity index (χ1) is 8.20. The van der Waals surface area contributed by atoms with E-state index >= 15 is 0 Å². The molecule has 5 heteroatoms. The van der Waals surface area contributed by atoms with Crippen molar-refractivity contribution in [2.75, 3.05) is 13.1 Å². The van der Waals surface area contributed by atoms with Crippen LogP contribution in [0, 0.1) is 6.92 Å². The van der Waals surface area contributed by atoms with E-state index in [1.807, 2.05) is 11.8 Å². The van der Waals surface area contributed by atoms with E-state index in [2.05, 4.69) is 4.98 Å². The zero-order valence-corrected chi connectivity index (χ0v) is 11.1. The molecule has 0 bridgehead atoms. The Hall–Kier alpha value is -0.940. The van der Waals surface area contributed by atoms with E-state index in [0.29, 0.717) is 13.0 Å². The van der Waals surface area contributed by atoms with Gasteiger partial charge in [0.1, 0.15) is 5.01 Å². The molecule has 1 aliphatic heterocycles. The van der Waals surface area contributed by atoms with Crippen LogP contribution < -0.4 is 5.73 Å². The first-order valence-corrected chi connectivity index (χ1v) is 6.95. The second-order valence-corrected chi connectivity index (χ2v) is 5.61. The van der Waals surface area contributed by atoms with E-state index in [0.717, 1.165) is 41.5 Å². The Morgan fingerprint density at radius 1 is 1.41 bits per heavy atom. The molecular weight excluding hydrogens is 234 g/mol. The highest BCUT2D eigenvalue weighted by atomic mass is 32.1. The van der Waals surface area contributed by atoms with Crippen LogP contribution in [0.4, 0.5) is 0 Å². The third kappa shape index (κ3) is 3.04. The predicted molar refractivity (Wildman–Crippen MR) is 68.9 cm³/mol. The molecule has 1 fully saturated rings. The molecule has 1 aromatic rings. The number of aryl methyl sites for hydroxylation is 1. The first kappa shape index (κ1) is 12.5. The van der Waals surface area contributed by atoms with Crippen molar-refractivity contribution in [3.05, 3.63) is 15.6 Å². The van der Waals surface area contributed by atoms with Gasteiger partial charge in [0, 0.05) is 24.5 Å². The minimum atomic E-state index is 0.236. The molecule has 0 atom stereocenters. The van der Waals surface area contributed by atoms with E-state index in [9.17, 15) is 4.79 Å². The maximum Gasteiger partial charge on any atom is 0.227 e.